The van der Waals surface area contributed by atoms with Crippen LogP contribution in [0.25, 0.3) is 0 Å². The van der Waals surface area contributed by atoms with Gasteiger partial charge in [-0.25, -0.2) is 4.98 Å². The van der Waals surface area contributed by atoms with Crippen LogP contribution in [0, 0.1) is 0 Å². The number of aryl methyl sites for hydroxylation is 1. The minimum Gasteiger partial charge on any atom is -0.329 e. The highest BCUT2D eigenvalue weighted by molar-refractivity contribution is 7.99. The van der Waals surface area contributed by atoms with Crippen molar-refractivity contribution in [1.29, 1.82) is 0 Å². The molecule has 7 heteroatoms. The Morgan fingerprint density at radius 1 is 1.36 bits per heavy atom. The number of ketones is 1. The van der Waals surface area contributed by atoms with Crippen molar-refractivity contribution in [3.05, 3.63) is 36.2 Å². The fourth-order valence-electron chi connectivity index (χ4n) is 1.86. The molecule has 116 valence electrons. The number of anilines is 1. The highest BCUT2D eigenvalue weighted by Gasteiger charge is 2.12. The van der Waals surface area contributed by atoms with Gasteiger partial charge in [0.25, 0.3) is 0 Å². The lowest BCUT2D eigenvalue weighted by atomic mass is 10.1. The van der Waals surface area contributed by atoms with Gasteiger partial charge in [-0.3, -0.25) is 9.59 Å². The maximum atomic E-state index is 12.3. The third-order valence-corrected chi connectivity index (χ3v) is 4.78. The number of amides is 1. The van der Waals surface area contributed by atoms with Crippen LogP contribution >= 0.6 is 23.5 Å². The first-order valence-electron chi connectivity index (χ1n) is 6.60. The Balaban J connectivity index is 2.09. The predicted molar refractivity (Wildman–Crippen MR) is 90.8 cm³/mol. The lowest BCUT2D eigenvalue weighted by Crippen LogP contribution is -2.08. The van der Waals surface area contributed by atoms with Crippen LogP contribution in [0.15, 0.2) is 40.6 Å². The van der Waals surface area contributed by atoms with Crippen molar-refractivity contribution in [3.8, 4) is 0 Å². The molecule has 22 heavy (non-hydrogen) atoms. The summed E-state index contributed by atoms with van der Waals surface area (Å²) < 4.78 is 1.88. The normalized spacial score (nSPS) is 10.5. The molecule has 0 spiro atoms. The fraction of sp³-hybridized carbons (Fsp3) is 0.267. The molecule has 0 saturated heterocycles. The summed E-state index contributed by atoms with van der Waals surface area (Å²) in [4.78, 5) is 28.5. The van der Waals surface area contributed by atoms with E-state index in [1.807, 2.05) is 30.1 Å². The van der Waals surface area contributed by atoms with Gasteiger partial charge < -0.3 is 9.88 Å². The molecule has 0 aliphatic rings. The van der Waals surface area contributed by atoms with Crippen molar-refractivity contribution in [2.75, 3.05) is 17.3 Å². The summed E-state index contributed by atoms with van der Waals surface area (Å²) in [5.41, 5.74) is 1.37. The van der Waals surface area contributed by atoms with Crippen LogP contribution in [0.4, 0.5) is 5.69 Å². The van der Waals surface area contributed by atoms with Gasteiger partial charge in [0, 0.05) is 36.8 Å². The SMILES string of the molecule is CSc1cc(C(=O)CSc2nccn2C)ccc1NC(C)=O. The lowest BCUT2D eigenvalue weighted by molar-refractivity contribution is -0.114. The number of nitrogens with zero attached hydrogens (tertiary/aromatic N) is 2. The Hall–Kier alpha value is -1.73. The minimum atomic E-state index is -0.125. The van der Waals surface area contributed by atoms with Gasteiger partial charge in [-0.15, -0.1) is 11.8 Å². The molecule has 0 unspecified atom stereocenters. The number of nitrogens with one attached hydrogen (secondary N) is 1. The van der Waals surface area contributed by atoms with E-state index in [0.717, 1.165) is 15.7 Å². The topological polar surface area (TPSA) is 64.0 Å². The van der Waals surface area contributed by atoms with Crippen molar-refractivity contribution < 1.29 is 9.59 Å². The molecular weight excluding hydrogens is 318 g/mol. The van der Waals surface area contributed by atoms with Crippen molar-refractivity contribution in [3.63, 3.8) is 0 Å². The van der Waals surface area contributed by atoms with Crippen molar-refractivity contribution in [2.24, 2.45) is 7.05 Å². The van der Waals surface area contributed by atoms with Crippen LogP contribution in [-0.2, 0) is 11.8 Å². The first-order valence-corrected chi connectivity index (χ1v) is 8.81. The second-order valence-corrected chi connectivity index (χ2v) is 6.42. The number of carbonyl (C=O) groups excluding carboxylic acids is 2. The summed E-state index contributed by atoms with van der Waals surface area (Å²) in [6.45, 7) is 1.46. The average molecular weight is 335 g/mol. The van der Waals surface area contributed by atoms with Gasteiger partial charge in [0.2, 0.25) is 5.91 Å². The van der Waals surface area contributed by atoms with E-state index < -0.39 is 0 Å². The zero-order valence-corrected chi connectivity index (χ0v) is 14.3. The minimum absolute atomic E-state index is 0.0395. The molecule has 0 fully saturated rings. The number of benzene rings is 1. The van der Waals surface area contributed by atoms with Crippen LogP contribution in [0.5, 0.6) is 0 Å². The number of aromatic nitrogens is 2. The molecule has 0 atom stereocenters. The quantitative estimate of drug-likeness (QED) is 0.649. The Kier molecular flexibility index (Phi) is 5.68. The maximum absolute atomic E-state index is 12.3. The Bertz CT molecular complexity index is 698. The number of carbonyl (C=O) groups is 2. The van der Waals surface area contributed by atoms with Crippen LogP contribution < -0.4 is 5.32 Å². The highest BCUT2D eigenvalue weighted by Crippen LogP contribution is 2.27. The highest BCUT2D eigenvalue weighted by atomic mass is 32.2. The fourth-order valence-corrected chi connectivity index (χ4v) is 3.27. The number of Topliss-reactive ketones (excluding diaryl/α,β-unsaturated/α-hetero) is 1. The molecule has 0 saturated carbocycles. The average Bonchev–Trinajstić information content (AvgIpc) is 2.90. The maximum Gasteiger partial charge on any atom is 0.221 e. The van der Waals surface area contributed by atoms with E-state index in [1.165, 1.54) is 30.4 Å². The van der Waals surface area contributed by atoms with E-state index in [-0.39, 0.29) is 11.7 Å². The van der Waals surface area contributed by atoms with E-state index in [4.69, 9.17) is 0 Å². The molecule has 1 heterocycles. The van der Waals surface area contributed by atoms with Gasteiger partial charge in [-0.1, -0.05) is 11.8 Å². The van der Waals surface area contributed by atoms with Crippen molar-refractivity contribution >= 4 is 40.9 Å². The molecule has 0 radical (unpaired) electrons. The number of rotatable bonds is 6. The van der Waals surface area contributed by atoms with Gasteiger partial charge in [-0.2, -0.15) is 0 Å². The second-order valence-electron chi connectivity index (χ2n) is 4.63. The summed E-state index contributed by atoms with van der Waals surface area (Å²) in [7, 11) is 1.90. The van der Waals surface area contributed by atoms with E-state index in [2.05, 4.69) is 10.3 Å². The van der Waals surface area contributed by atoms with Crippen molar-refractivity contribution in [1.82, 2.24) is 9.55 Å². The molecule has 0 aliphatic heterocycles. The van der Waals surface area contributed by atoms with Crippen LogP contribution in [-0.4, -0.2) is 33.3 Å². The summed E-state index contributed by atoms with van der Waals surface area (Å²) >= 11 is 2.91. The third kappa shape index (κ3) is 4.14. The number of imidazole rings is 1. The van der Waals surface area contributed by atoms with Gasteiger partial charge in [0.1, 0.15) is 0 Å². The summed E-state index contributed by atoms with van der Waals surface area (Å²) in [5.74, 6) is 0.246. The van der Waals surface area contributed by atoms with E-state index >= 15 is 0 Å². The van der Waals surface area contributed by atoms with Crippen LogP contribution in [0.1, 0.15) is 17.3 Å². The monoisotopic (exact) mass is 335 g/mol. The molecular formula is C15H17N3O2S2. The molecule has 2 rings (SSSR count). The van der Waals surface area contributed by atoms with Gasteiger partial charge >= 0.3 is 0 Å². The number of hydrogen-bond donors (Lipinski definition) is 1. The summed E-state index contributed by atoms with van der Waals surface area (Å²) in [6, 6.07) is 5.33. The van der Waals surface area contributed by atoms with Crippen LogP contribution in [0.3, 0.4) is 0 Å². The molecule has 0 bridgehead atoms. The smallest absolute Gasteiger partial charge is 0.221 e. The van der Waals surface area contributed by atoms with Gasteiger partial charge in [-0.05, 0) is 24.5 Å². The molecule has 1 aromatic heterocycles. The Morgan fingerprint density at radius 2 is 2.14 bits per heavy atom. The zero-order valence-electron chi connectivity index (χ0n) is 12.6. The molecule has 1 amide bonds. The lowest BCUT2D eigenvalue weighted by Gasteiger charge is -2.10. The predicted octanol–water partition coefficient (Wildman–Crippen LogP) is 3.08. The molecule has 1 N–H and O–H groups in total. The molecule has 0 aliphatic carbocycles. The standard InChI is InChI=1S/C15H17N3O2S2/c1-10(19)17-12-5-4-11(8-14(12)21-3)13(20)9-22-15-16-6-7-18(15)2/h4-8H,9H2,1-3H3,(H,17,19). The molecule has 5 nitrogen and oxygen atoms in total. The third-order valence-electron chi connectivity index (χ3n) is 2.94. The van der Waals surface area contributed by atoms with E-state index in [9.17, 15) is 9.59 Å². The summed E-state index contributed by atoms with van der Waals surface area (Å²) in [6.07, 6.45) is 5.47. The van der Waals surface area contributed by atoms with Gasteiger partial charge in [0.05, 0.1) is 11.4 Å². The van der Waals surface area contributed by atoms with Crippen LogP contribution in [0.2, 0.25) is 0 Å². The molecule has 2 aromatic rings. The van der Waals surface area contributed by atoms with Crippen molar-refractivity contribution in [2.45, 2.75) is 17.0 Å². The number of thioether (sulfide) groups is 2. The Morgan fingerprint density at radius 3 is 2.73 bits per heavy atom. The Labute approximate surface area is 137 Å². The second kappa shape index (κ2) is 7.51. The van der Waals surface area contributed by atoms with E-state index in [0.29, 0.717) is 11.3 Å². The zero-order chi connectivity index (χ0) is 16.1. The number of hydrogen-bond acceptors (Lipinski definition) is 5. The first-order chi connectivity index (χ1) is 10.5. The molecule has 1 aromatic carbocycles. The first kappa shape index (κ1) is 16.6. The van der Waals surface area contributed by atoms with Gasteiger partial charge in [0.15, 0.2) is 10.9 Å². The van der Waals surface area contributed by atoms with E-state index in [1.54, 1.807) is 18.3 Å². The summed E-state index contributed by atoms with van der Waals surface area (Å²) in [5, 5.41) is 3.58. The largest absolute Gasteiger partial charge is 0.329 e.